The van der Waals surface area contributed by atoms with Gasteiger partial charge in [-0.25, -0.2) is 9.59 Å². The molecule has 0 spiro atoms. The summed E-state index contributed by atoms with van der Waals surface area (Å²) in [6, 6.07) is 17.2. The average Bonchev–Trinajstić information content (AvgIpc) is 3.38. The minimum Gasteiger partial charge on any atom is -0.462 e. The Hall–Kier alpha value is -4.85. The Morgan fingerprint density at radius 1 is 0.855 bits per heavy atom. The second-order valence-corrected chi connectivity index (χ2v) is 15.7. The lowest BCUT2D eigenvalue weighted by atomic mass is 9.49. The highest BCUT2D eigenvalue weighted by molar-refractivity contribution is 5.89. The molecular weight excluding hydrogens is 712 g/mol. The van der Waals surface area contributed by atoms with Crippen molar-refractivity contribution in [3.63, 3.8) is 0 Å². The van der Waals surface area contributed by atoms with Crippen LogP contribution in [0.1, 0.15) is 77.2 Å². The van der Waals surface area contributed by atoms with Crippen LogP contribution >= 0.6 is 0 Å². The number of fused-ring (bicyclic) bond motifs is 4. The summed E-state index contributed by atoms with van der Waals surface area (Å²) < 4.78 is 36.9. The molecule has 294 valence electrons. The molecule has 1 saturated heterocycles. The normalized spacial score (nSPS) is 33.9. The van der Waals surface area contributed by atoms with Gasteiger partial charge >= 0.3 is 29.8 Å². The zero-order valence-corrected chi connectivity index (χ0v) is 32.0. The molecule has 6 rings (SSSR count). The van der Waals surface area contributed by atoms with Gasteiger partial charge in [-0.15, -0.1) is 0 Å². The van der Waals surface area contributed by atoms with Gasteiger partial charge in [0.05, 0.1) is 34.5 Å². The smallest absolute Gasteiger partial charge is 0.338 e. The predicted octanol–water partition coefficient (Wildman–Crippen LogP) is 4.28. The Balaban J connectivity index is 1.62. The van der Waals surface area contributed by atoms with Gasteiger partial charge in [-0.05, 0) is 55.7 Å². The predicted molar refractivity (Wildman–Crippen MR) is 195 cm³/mol. The summed E-state index contributed by atoms with van der Waals surface area (Å²) in [6.07, 6.45) is -5.40. The Morgan fingerprint density at radius 3 is 2.02 bits per heavy atom. The maximum absolute atomic E-state index is 14.1. The van der Waals surface area contributed by atoms with Crippen LogP contribution in [0.2, 0.25) is 0 Å². The van der Waals surface area contributed by atoms with Crippen LogP contribution in [0.5, 0.6) is 0 Å². The van der Waals surface area contributed by atoms with Gasteiger partial charge in [0.1, 0.15) is 36.6 Å². The minimum atomic E-state index is -1.88. The quantitative estimate of drug-likeness (QED) is 0.160. The summed E-state index contributed by atoms with van der Waals surface area (Å²) >= 11 is 0. The number of esters is 5. The van der Waals surface area contributed by atoms with E-state index in [0.717, 1.165) is 5.56 Å². The molecule has 0 aromatic heterocycles. The number of hydrogen-bond donors (Lipinski definition) is 2. The molecule has 2 N–H and O–H groups in total. The third kappa shape index (κ3) is 6.76. The number of aliphatic hydroxyl groups excluding tert-OH is 1. The van der Waals surface area contributed by atoms with Gasteiger partial charge in [-0.3, -0.25) is 14.4 Å². The van der Waals surface area contributed by atoms with E-state index in [-0.39, 0.29) is 30.6 Å². The molecule has 55 heavy (non-hydrogen) atoms. The van der Waals surface area contributed by atoms with Crippen molar-refractivity contribution in [2.75, 3.05) is 6.61 Å². The largest absolute Gasteiger partial charge is 0.462 e. The first-order valence-corrected chi connectivity index (χ1v) is 18.3. The lowest BCUT2D eigenvalue weighted by Gasteiger charge is -2.65. The molecule has 0 bridgehead atoms. The summed E-state index contributed by atoms with van der Waals surface area (Å²) in [5.41, 5.74) is -5.62. The molecule has 4 aliphatic rings. The molecule has 1 aliphatic heterocycles. The fraction of sp³-hybridized carbons (Fsp3) is 0.500. The highest BCUT2D eigenvalue weighted by atomic mass is 16.6. The van der Waals surface area contributed by atoms with Gasteiger partial charge in [-0.2, -0.15) is 0 Å². The Morgan fingerprint density at radius 2 is 1.47 bits per heavy atom. The lowest BCUT2D eigenvalue weighted by molar-refractivity contribution is -0.352. The maximum atomic E-state index is 14.1. The van der Waals surface area contributed by atoms with Crippen LogP contribution in [0.3, 0.4) is 0 Å². The lowest BCUT2D eigenvalue weighted by Crippen LogP contribution is -2.79. The van der Waals surface area contributed by atoms with Crippen molar-refractivity contribution in [1.29, 1.82) is 0 Å². The summed E-state index contributed by atoms with van der Waals surface area (Å²) in [6.45, 7) is 9.64. The Kier molecular flexibility index (Phi) is 10.6. The summed E-state index contributed by atoms with van der Waals surface area (Å²) in [5, 5.41) is 25.4. The molecule has 10 atom stereocenters. The third-order valence-electron chi connectivity index (χ3n) is 12.0. The molecule has 0 radical (unpaired) electrons. The van der Waals surface area contributed by atoms with Crippen LogP contribution in [0.25, 0.3) is 6.08 Å². The minimum absolute atomic E-state index is 0.0414. The molecule has 2 aromatic rings. The molecule has 0 amide bonds. The Bertz CT molecular complexity index is 1900. The highest BCUT2D eigenvalue weighted by Crippen LogP contribution is 2.68. The van der Waals surface area contributed by atoms with Gasteiger partial charge in [0.2, 0.25) is 0 Å². The fourth-order valence-electron chi connectivity index (χ4n) is 9.73. The number of aliphatic hydroxyl groups is 2. The fourth-order valence-corrected chi connectivity index (χ4v) is 9.73. The molecule has 3 aliphatic carbocycles. The van der Waals surface area contributed by atoms with Gasteiger partial charge in [0.25, 0.3) is 0 Å². The van der Waals surface area contributed by atoms with E-state index in [1.165, 1.54) is 52.8 Å². The number of hydrogen-bond acceptors (Lipinski definition) is 13. The molecule has 3 fully saturated rings. The third-order valence-corrected chi connectivity index (χ3v) is 12.0. The molecule has 2 saturated carbocycles. The SMILES string of the molecule is CC(=O)O[C@H]1C[C@H]2OC[C@@]2(OC(C)=O)C2[C@H](OC(C)=O)[C@]3(C(C)(C)O)C[C@H](OC(=O)C=Cc4ccccc4)C(C)=C3[C@@H](O)[C@H](OC(=O)c3ccccc3)[C@@]21C. The zero-order valence-electron chi connectivity index (χ0n) is 32.0. The maximum Gasteiger partial charge on any atom is 0.338 e. The van der Waals surface area contributed by atoms with Crippen LogP contribution in [0.15, 0.2) is 77.9 Å². The van der Waals surface area contributed by atoms with Crippen molar-refractivity contribution in [2.45, 2.75) is 109 Å². The van der Waals surface area contributed by atoms with Crippen LogP contribution in [0.4, 0.5) is 0 Å². The first kappa shape index (κ1) is 39.8. The molecule has 13 heteroatoms. The van der Waals surface area contributed by atoms with Gasteiger partial charge in [0, 0.05) is 39.7 Å². The van der Waals surface area contributed by atoms with E-state index in [1.54, 1.807) is 38.1 Å². The van der Waals surface area contributed by atoms with E-state index in [4.69, 9.17) is 28.4 Å². The molecule has 13 nitrogen and oxygen atoms in total. The molecule has 1 heterocycles. The zero-order chi connectivity index (χ0) is 40.1. The Labute approximate surface area is 319 Å². The van der Waals surface area contributed by atoms with E-state index in [1.807, 2.05) is 30.3 Å². The first-order chi connectivity index (χ1) is 25.9. The van der Waals surface area contributed by atoms with Crippen LogP contribution in [-0.4, -0.2) is 94.5 Å². The van der Waals surface area contributed by atoms with Crippen molar-refractivity contribution < 1.29 is 62.6 Å². The number of carbonyl (C=O) groups is 5. The molecule has 2 aromatic carbocycles. The topological polar surface area (TPSA) is 181 Å². The van der Waals surface area contributed by atoms with E-state index in [0.29, 0.717) is 5.57 Å². The van der Waals surface area contributed by atoms with E-state index in [2.05, 4.69) is 0 Å². The monoisotopic (exact) mass is 760 g/mol. The number of benzene rings is 2. The van der Waals surface area contributed by atoms with Crippen molar-refractivity contribution in [2.24, 2.45) is 16.7 Å². The van der Waals surface area contributed by atoms with Gasteiger partial charge in [0.15, 0.2) is 5.60 Å². The van der Waals surface area contributed by atoms with Crippen molar-refractivity contribution >= 4 is 35.9 Å². The van der Waals surface area contributed by atoms with Crippen LogP contribution in [0, 0.1) is 16.7 Å². The second kappa shape index (κ2) is 14.7. The van der Waals surface area contributed by atoms with E-state index >= 15 is 0 Å². The van der Waals surface area contributed by atoms with Crippen molar-refractivity contribution in [1.82, 2.24) is 0 Å². The van der Waals surface area contributed by atoms with Crippen molar-refractivity contribution in [3.05, 3.63) is 89.0 Å². The number of carbonyl (C=O) groups excluding carboxylic acids is 5. The number of rotatable bonds is 9. The van der Waals surface area contributed by atoms with Crippen LogP contribution in [-0.2, 0) is 47.6 Å². The van der Waals surface area contributed by atoms with Gasteiger partial charge in [-0.1, -0.05) is 55.5 Å². The highest BCUT2D eigenvalue weighted by Gasteiger charge is 2.80. The standard InChI is InChI=1S/C42H48O13/c1-23-29(53-32(46)19-18-27-14-10-8-11-15-27)21-41(39(5,6)49)33(23)34(47)36(54-38(48)28-16-12-9-13-17-28)40(7)30(51-24(2)43)20-31-42(22-50-31,55-26(4)45)35(40)37(41)52-25(3)44/h8-19,29-31,34-37,47,49H,20-22H2,1-7H3/t29-,30-,31+,34+,35?,36-,37-,40+,41-,42-/m0/s1. The van der Waals surface area contributed by atoms with Crippen LogP contribution < -0.4 is 0 Å². The number of ether oxygens (including phenoxy) is 6. The molecular formula is C42H48O13. The summed E-state index contributed by atoms with van der Waals surface area (Å²) in [5.74, 6) is -4.98. The summed E-state index contributed by atoms with van der Waals surface area (Å²) in [4.78, 5) is 66.7. The van der Waals surface area contributed by atoms with Crippen molar-refractivity contribution in [3.8, 4) is 0 Å². The van der Waals surface area contributed by atoms with Gasteiger partial charge < -0.3 is 38.6 Å². The average molecular weight is 761 g/mol. The molecule has 1 unspecified atom stereocenters. The second-order valence-electron chi connectivity index (χ2n) is 15.7. The van der Waals surface area contributed by atoms with E-state index in [9.17, 15) is 34.2 Å². The summed E-state index contributed by atoms with van der Waals surface area (Å²) in [7, 11) is 0. The van der Waals surface area contributed by atoms with E-state index < -0.39 is 94.4 Å². The first-order valence-electron chi connectivity index (χ1n) is 18.3.